The first-order chi connectivity index (χ1) is 11.7. The van der Waals surface area contributed by atoms with Gasteiger partial charge in [-0.1, -0.05) is 18.2 Å². The zero-order valence-electron chi connectivity index (χ0n) is 13.0. The molecule has 3 heterocycles. The summed E-state index contributed by atoms with van der Waals surface area (Å²) >= 11 is 0. The van der Waals surface area contributed by atoms with Gasteiger partial charge in [0.05, 0.1) is 25.4 Å². The summed E-state index contributed by atoms with van der Waals surface area (Å²) in [7, 11) is 0. The normalized spacial score (nSPS) is 20.7. The number of nitrogens with one attached hydrogen (secondary N) is 1. The van der Waals surface area contributed by atoms with Crippen molar-refractivity contribution in [1.29, 1.82) is 0 Å². The van der Waals surface area contributed by atoms with Gasteiger partial charge in [-0.25, -0.2) is 14.5 Å². The van der Waals surface area contributed by atoms with Crippen molar-refractivity contribution in [1.82, 2.24) is 25.0 Å². The molecule has 8 nitrogen and oxygen atoms in total. The minimum absolute atomic E-state index is 0.0294. The minimum Gasteiger partial charge on any atom is -0.381 e. The lowest BCUT2D eigenvalue weighted by Gasteiger charge is -2.12. The van der Waals surface area contributed by atoms with Gasteiger partial charge in [-0.2, -0.15) is 5.10 Å². The summed E-state index contributed by atoms with van der Waals surface area (Å²) in [6, 6.07) is 9.18. The van der Waals surface area contributed by atoms with Crippen LogP contribution in [-0.2, 0) is 16.1 Å². The third-order valence-electron chi connectivity index (χ3n) is 4.22. The van der Waals surface area contributed by atoms with Gasteiger partial charge in [0.2, 0.25) is 5.91 Å². The van der Waals surface area contributed by atoms with Crippen LogP contribution < -0.4 is 5.32 Å². The molecule has 2 aromatic rings. The van der Waals surface area contributed by atoms with Crippen molar-refractivity contribution in [3.05, 3.63) is 42.0 Å². The van der Waals surface area contributed by atoms with E-state index < -0.39 is 6.03 Å². The van der Waals surface area contributed by atoms with Gasteiger partial charge in [0.25, 0.3) is 0 Å². The number of carbonyl (C=O) groups is 2. The third-order valence-corrected chi connectivity index (χ3v) is 4.22. The van der Waals surface area contributed by atoms with E-state index in [2.05, 4.69) is 15.4 Å². The molecular formula is C16H17N5O3. The second-order valence-electron chi connectivity index (χ2n) is 5.83. The molecule has 2 saturated heterocycles. The maximum atomic E-state index is 11.9. The van der Waals surface area contributed by atoms with Gasteiger partial charge >= 0.3 is 6.03 Å². The summed E-state index contributed by atoms with van der Waals surface area (Å²) in [6.45, 7) is 1.43. The van der Waals surface area contributed by atoms with Crippen LogP contribution in [0.25, 0.3) is 5.69 Å². The first kappa shape index (κ1) is 14.8. The smallest absolute Gasteiger partial charge is 0.325 e. The van der Waals surface area contributed by atoms with E-state index in [9.17, 15) is 9.59 Å². The van der Waals surface area contributed by atoms with E-state index in [1.807, 2.05) is 30.3 Å². The van der Waals surface area contributed by atoms with Gasteiger partial charge in [0.1, 0.15) is 0 Å². The SMILES string of the molecule is O=C1CNC(=O)N1Cc1nc([C@H]2CCOC2)nn1-c1ccccc1. The minimum atomic E-state index is -0.395. The van der Waals surface area contributed by atoms with Crippen molar-refractivity contribution in [3.63, 3.8) is 0 Å². The number of ether oxygens (including phenoxy) is 1. The van der Waals surface area contributed by atoms with Gasteiger partial charge in [0.15, 0.2) is 11.6 Å². The average molecular weight is 327 g/mol. The van der Waals surface area contributed by atoms with Crippen molar-refractivity contribution in [2.24, 2.45) is 0 Å². The van der Waals surface area contributed by atoms with Gasteiger partial charge in [-0.15, -0.1) is 0 Å². The first-order valence-electron chi connectivity index (χ1n) is 7.89. The average Bonchev–Trinajstić information content (AvgIpc) is 3.32. The fourth-order valence-electron chi connectivity index (χ4n) is 2.91. The molecule has 24 heavy (non-hydrogen) atoms. The Balaban J connectivity index is 1.70. The van der Waals surface area contributed by atoms with E-state index >= 15 is 0 Å². The molecule has 4 rings (SSSR count). The number of aromatic nitrogens is 3. The van der Waals surface area contributed by atoms with Crippen molar-refractivity contribution in [3.8, 4) is 5.69 Å². The molecule has 2 fully saturated rings. The number of carbonyl (C=O) groups excluding carboxylic acids is 2. The number of hydrogen-bond donors (Lipinski definition) is 1. The van der Waals surface area contributed by atoms with Gasteiger partial charge < -0.3 is 10.1 Å². The highest BCUT2D eigenvalue weighted by Crippen LogP contribution is 2.24. The number of rotatable bonds is 4. The molecule has 0 radical (unpaired) electrons. The monoisotopic (exact) mass is 327 g/mol. The Morgan fingerprint density at radius 2 is 2.08 bits per heavy atom. The van der Waals surface area contributed by atoms with Crippen molar-refractivity contribution in [2.75, 3.05) is 19.8 Å². The molecule has 0 bridgehead atoms. The molecular weight excluding hydrogens is 310 g/mol. The summed E-state index contributed by atoms with van der Waals surface area (Å²) in [6.07, 6.45) is 0.876. The molecule has 0 unspecified atom stereocenters. The molecule has 1 aromatic carbocycles. The van der Waals surface area contributed by atoms with E-state index in [1.54, 1.807) is 4.68 Å². The highest BCUT2D eigenvalue weighted by molar-refractivity contribution is 6.01. The fourth-order valence-corrected chi connectivity index (χ4v) is 2.91. The molecule has 2 aliphatic heterocycles. The molecule has 0 spiro atoms. The number of imide groups is 1. The van der Waals surface area contributed by atoms with E-state index in [0.29, 0.717) is 24.9 Å². The lowest BCUT2D eigenvalue weighted by Crippen LogP contribution is -2.31. The first-order valence-corrected chi connectivity index (χ1v) is 7.89. The van der Waals surface area contributed by atoms with Gasteiger partial charge in [-0.05, 0) is 18.6 Å². The second-order valence-corrected chi connectivity index (χ2v) is 5.83. The van der Waals surface area contributed by atoms with Crippen LogP contribution >= 0.6 is 0 Å². The molecule has 1 aromatic heterocycles. The summed E-state index contributed by atoms with van der Waals surface area (Å²) in [5.74, 6) is 1.15. The largest absolute Gasteiger partial charge is 0.381 e. The molecule has 1 N–H and O–H groups in total. The topological polar surface area (TPSA) is 89.3 Å². The molecule has 8 heteroatoms. The number of urea groups is 1. The lowest BCUT2D eigenvalue weighted by molar-refractivity contribution is -0.125. The Morgan fingerprint density at radius 1 is 1.25 bits per heavy atom. The van der Waals surface area contributed by atoms with E-state index in [4.69, 9.17) is 4.74 Å². The molecule has 3 amide bonds. The fraction of sp³-hybridized carbons (Fsp3) is 0.375. The Hall–Kier alpha value is -2.74. The third kappa shape index (κ3) is 2.65. The number of nitrogens with zero attached hydrogens (tertiary/aromatic N) is 4. The van der Waals surface area contributed by atoms with Crippen LogP contribution in [0.15, 0.2) is 30.3 Å². The van der Waals surface area contributed by atoms with Crippen molar-refractivity contribution >= 4 is 11.9 Å². The summed E-state index contributed by atoms with van der Waals surface area (Å²) in [5.41, 5.74) is 0.845. The summed E-state index contributed by atoms with van der Waals surface area (Å²) in [5, 5.41) is 7.13. The van der Waals surface area contributed by atoms with E-state index in [1.165, 1.54) is 4.90 Å². The Labute approximate surface area is 138 Å². The van der Waals surface area contributed by atoms with Crippen LogP contribution in [-0.4, -0.2) is 51.4 Å². The summed E-state index contributed by atoms with van der Waals surface area (Å²) < 4.78 is 7.12. The van der Waals surface area contributed by atoms with Crippen LogP contribution in [0.5, 0.6) is 0 Å². The number of amides is 3. The predicted molar refractivity (Wildman–Crippen MR) is 83.5 cm³/mol. The maximum absolute atomic E-state index is 11.9. The second kappa shape index (κ2) is 6.04. The predicted octanol–water partition coefficient (Wildman–Crippen LogP) is 0.823. The van der Waals surface area contributed by atoms with Crippen molar-refractivity contribution < 1.29 is 14.3 Å². The van der Waals surface area contributed by atoms with Crippen LogP contribution in [0.4, 0.5) is 4.79 Å². The summed E-state index contributed by atoms with van der Waals surface area (Å²) in [4.78, 5) is 29.4. The van der Waals surface area contributed by atoms with Crippen LogP contribution in [0.3, 0.4) is 0 Å². The Bertz CT molecular complexity index is 751. The zero-order chi connectivity index (χ0) is 16.5. The molecule has 0 saturated carbocycles. The van der Waals surface area contributed by atoms with Crippen LogP contribution in [0.1, 0.15) is 24.0 Å². The van der Waals surface area contributed by atoms with Crippen molar-refractivity contribution in [2.45, 2.75) is 18.9 Å². The van der Waals surface area contributed by atoms with E-state index in [0.717, 1.165) is 12.1 Å². The van der Waals surface area contributed by atoms with E-state index in [-0.39, 0.29) is 24.9 Å². The van der Waals surface area contributed by atoms with Crippen LogP contribution in [0.2, 0.25) is 0 Å². The zero-order valence-corrected chi connectivity index (χ0v) is 13.0. The molecule has 0 aliphatic carbocycles. The Kier molecular flexibility index (Phi) is 3.73. The lowest BCUT2D eigenvalue weighted by atomic mass is 10.1. The number of para-hydroxylation sites is 1. The van der Waals surface area contributed by atoms with Gasteiger partial charge in [0, 0.05) is 12.5 Å². The molecule has 1 atom stereocenters. The van der Waals surface area contributed by atoms with Gasteiger partial charge in [-0.3, -0.25) is 9.69 Å². The highest BCUT2D eigenvalue weighted by Gasteiger charge is 2.31. The molecule has 2 aliphatic rings. The number of hydrogen-bond acceptors (Lipinski definition) is 5. The quantitative estimate of drug-likeness (QED) is 0.840. The number of benzene rings is 1. The maximum Gasteiger partial charge on any atom is 0.325 e. The standard InChI is InChI=1S/C16H17N5O3/c22-14-8-17-16(23)20(14)9-13-18-15(11-6-7-24-10-11)19-21(13)12-4-2-1-3-5-12/h1-5,11H,6-10H2,(H,17,23)/t11-/m0/s1. The van der Waals surface area contributed by atoms with Crippen LogP contribution in [0, 0.1) is 0 Å². The highest BCUT2D eigenvalue weighted by atomic mass is 16.5. The molecule has 124 valence electrons. The Morgan fingerprint density at radius 3 is 2.75 bits per heavy atom.